The number of rotatable bonds is 12. The van der Waals surface area contributed by atoms with Crippen molar-refractivity contribution in [1.29, 1.82) is 0 Å². The first-order valence-corrected chi connectivity index (χ1v) is 13.9. The van der Waals surface area contributed by atoms with Crippen LogP contribution in [0.5, 0.6) is 5.75 Å². The summed E-state index contributed by atoms with van der Waals surface area (Å²) in [5, 5.41) is 3.86. The van der Waals surface area contributed by atoms with E-state index < -0.39 is 0 Å². The fraction of sp³-hybridized carbons (Fsp3) is 0.258. The van der Waals surface area contributed by atoms with Crippen molar-refractivity contribution < 1.29 is 19.1 Å². The third-order valence-corrected chi connectivity index (χ3v) is 7.16. The van der Waals surface area contributed by atoms with Gasteiger partial charge in [0.05, 0.1) is 29.4 Å². The number of amidine groups is 1. The molecule has 1 heterocycles. The molecule has 8 nitrogen and oxygen atoms in total. The Bertz CT molecular complexity index is 1390. The Morgan fingerprint density at radius 1 is 1.07 bits per heavy atom. The molecule has 0 aliphatic carbocycles. The van der Waals surface area contributed by atoms with Crippen LogP contribution in [-0.2, 0) is 16.1 Å². The van der Waals surface area contributed by atoms with E-state index >= 15 is 0 Å². The predicted octanol–water partition coefficient (Wildman–Crippen LogP) is 6.09. The van der Waals surface area contributed by atoms with Crippen molar-refractivity contribution in [2.24, 2.45) is 4.99 Å². The highest BCUT2D eigenvalue weighted by atomic mass is 32.2. The zero-order chi connectivity index (χ0) is 28.5. The van der Waals surface area contributed by atoms with Crippen molar-refractivity contribution in [2.45, 2.75) is 20.4 Å². The molecule has 9 heteroatoms. The summed E-state index contributed by atoms with van der Waals surface area (Å²) in [6.07, 6.45) is 1.82. The molecule has 1 aliphatic rings. The molecule has 4 rings (SSSR count). The summed E-state index contributed by atoms with van der Waals surface area (Å²) in [5.41, 5.74) is 3.88. The summed E-state index contributed by atoms with van der Waals surface area (Å²) in [6.45, 7) is 5.60. The minimum Gasteiger partial charge on any atom is -0.491 e. The van der Waals surface area contributed by atoms with E-state index in [1.165, 1.54) is 18.7 Å². The molecule has 40 heavy (non-hydrogen) atoms. The lowest BCUT2D eigenvalue weighted by Crippen LogP contribution is -2.28. The molecule has 0 aromatic heterocycles. The van der Waals surface area contributed by atoms with Gasteiger partial charge in [-0.15, -0.1) is 0 Å². The van der Waals surface area contributed by atoms with Crippen LogP contribution in [0.1, 0.15) is 29.8 Å². The van der Waals surface area contributed by atoms with Gasteiger partial charge >= 0.3 is 0 Å². The SMILES string of the molecule is CCNc1ccc(C(C)=O)cc1N=C1SC(=CN(C)c2ccc(OCCOC)cc2)C(=O)N1Cc1ccccc1. The van der Waals surface area contributed by atoms with E-state index in [0.29, 0.717) is 47.6 Å². The Hall–Kier alpha value is -4.08. The molecule has 0 unspecified atom stereocenters. The second-order valence-electron chi connectivity index (χ2n) is 9.13. The lowest BCUT2D eigenvalue weighted by molar-refractivity contribution is -0.122. The van der Waals surface area contributed by atoms with E-state index in [9.17, 15) is 9.59 Å². The van der Waals surface area contributed by atoms with Gasteiger partial charge in [0.1, 0.15) is 12.4 Å². The van der Waals surface area contributed by atoms with Gasteiger partial charge in [-0.1, -0.05) is 30.3 Å². The van der Waals surface area contributed by atoms with Crippen LogP contribution >= 0.6 is 11.8 Å². The summed E-state index contributed by atoms with van der Waals surface area (Å²) in [6, 6.07) is 22.9. The molecule has 1 fully saturated rings. The Balaban J connectivity index is 1.65. The lowest BCUT2D eigenvalue weighted by Gasteiger charge is -2.17. The normalized spacial score (nSPS) is 15.1. The molecule has 1 amide bonds. The van der Waals surface area contributed by atoms with Crippen molar-refractivity contribution in [3.8, 4) is 5.75 Å². The average molecular weight is 559 g/mol. The number of methoxy groups -OCH3 is 1. The van der Waals surface area contributed by atoms with Gasteiger partial charge in [-0.3, -0.25) is 14.5 Å². The molecule has 208 valence electrons. The average Bonchev–Trinajstić information content (AvgIpc) is 3.23. The fourth-order valence-corrected chi connectivity index (χ4v) is 5.05. The molecule has 3 aromatic carbocycles. The Labute approximate surface area is 239 Å². The number of Topliss-reactive ketones (excluding diaryl/α,β-unsaturated/α-hetero) is 1. The monoisotopic (exact) mass is 558 g/mol. The number of aliphatic imine (C=N–C) groups is 1. The van der Waals surface area contributed by atoms with Crippen molar-refractivity contribution in [1.82, 2.24) is 4.90 Å². The summed E-state index contributed by atoms with van der Waals surface area (Å²) in [7, 11) is 3.54. The number of benzene rings is 3. The largest absolute Gasteiger partial charge is 0.491 e. The highest BCUT2D eigenvalue weighted by molar-refractivity contribution is 8.18. The second kappa shape index (κ2) is 13.8. The molecule has 1 N–H and O–H groups in total. The first kappa shape index (κ1) is 28.9. The Morgan fingerprint density at radius 2 is 1.82 bits per heavy atom. The summed E-state index contributed by atoms with van der Waals surface area (Å²) >= 11 is 1.32. The first-order valence-electron chi connectivity index (χ1n) is 13.1. The fourth-order valence-electron chi connectivity index (χ4n) is 4.04. The number of hydrogen-bond acceptors (Lipinski definition) is 8. The number of hydrogen-bond donors (Lipinski definition) is 1. The zero-order valence-corrected chi connectivity index (χ0v) is 24.0. The smallest absolute Gasteiger partial charge is 0.268 e. The molecule has 0 atom stereocenters. The zero-order valence-electron chi connectivity index (χ0n) is 23.2. The van der Waals surface area contributed by atoms with Crippen LogP contribution in [-0.4, -0.2) is 55.7 Å². The van der Waals surface area contributed by atoms with Gasteiger partial charge in [-0.05, 0) is 73.6 Å². The summed E-state index contributed by atoms with van der Waals surface area (Å²) < 4.78 is 10.7. The molecule has 0 bridgehead atoms. The highest BCUT2D eigenvalue weighted by Crippen LogP contribution is 2.37. The van der Waals surface area contributed by atoms with Gasteiger partial charge in [-0.2, -0.15) is 0 Å². The van der Waals surface area contributed by atoms with Gasteiger partial charge < -0.3 is 19.7 Å². The summed E-state index contributed by atoms with van der Waals surface area (Å²) in [5.74, 6) is 0.575. The van der Waals surface area contributed by atoms with Crippen molar-refractivity contribution in [3.63, 3.8) is 0 Å². The van der Waals surface area contributed by atoms with Crippen LogP contribution in [0.25, 0.3) is 0 Å². The van der Waals surface area contributed by atoms with E-state index in [2.05, 4.69) is 5.32 Å². The van der Waals surface area contributed by atoms with Crippen LogP contribution in [0.15, 0.2) is 88.9 Å². The quantitative estimate of drug-likeness (QED) is 0.164. The number of anilines is 2. The van der Waals surface area contributed by atoms with Crippen LogP contribution in [0, 0.1) is 0 Å². The molecule has 1 aliphatic heterocycles. The van der Waals surface area contributed by atoms with Crippen LogP contribution in [0.4, 0.5) is 17.1 Å². The number of ketones is 1. The van der Waals surface area contributed by atoms with Crippen molar-refractivity contribution in [3.05, 3.63) is 95.0 Å². The van der Waals surface area contributed by atoms with E-state index in [1.807, 2.05) is 85.7 Å². The number of nitrogens with zero attached hydrogens (tertiary/aromatic N) is 3. The van der Waals surface area contributed by atoms with Crippen LogP contribution in [0.2, 0.25) is 0 Å². The van der Waals surface area contributed by atoms with E-state index in [-0.39, 0.29) is 11.7 Å². The first-order chi connectivity index (χ1) is 19.4. The molecule has 1 saturated heterocycles. The number of nitrogens with one attached hydrogen (secondary N) is 1. The Kier molecular flexibility index (Phi) is 9.99. The van der Waals surface area contributed by atoms with Gasteiger partial charge in [0.15, 0.2) is 11.0 Å². The summed E-state index contributed by atoms with van der Waals surface area (Å²) in [4.78, 5) is 34.8. The van der Waals surface area contributed by atoms with Crippen LogP contribution < -0.4 is 15.0 Å². The maximum Gasteiger partial charge on any atom is 0.268 e. The molecular formula is C31H34N4O4S. The number of carbonyl (C=O) groups is 2. The minimum absolute atomic E-state index is 0.0434. The second-order valence-corrected chi connectivity index (χ2v) is 10.1. The van der Waals surface area contributed by atoms with Gasteiger partial charge in [0.2, 0.25) is 0 Å². The molecule has 3 aromatic rings. The van der Waals surface area contributed by atoms with Crippen molar-refractivity contribution >= 4 is 45.7 Å². The highest BCUT2D eigenvalue weighted by Gasteiger charge is 2.34. The van der Waals surface area contributed by atoms with Crippen molar-refractivity contribution in [2.75, 3.05) is 44.1 Å². The molecule has 0 radical (unpaired) electrons. The van der Waals surface area contributed by atoms with Gasteiger partial charge in [-0.25, -0.2) is 4.99 Å². The third-order valence-electron chi connectivity index (χ3n) is 6.17. The lowest BCUT2D eigenvalue weighted by atomic mass is 10.1. The van der Waals surface area contributed by atoms with Gasteiger partial charge in [0.25, 0.3) is 5.91 Å². The van der Waals surface area contributed by atoms with Crippen LogP contribution in [0.3, 0.4) is 0 Å². The number of carbonyl (C=O) groups excluding carboxylic acids is 2. The topological polar surface area (TPSA) is 83.5 Å². The van der Waals surface area contributed by atoms with E-state index in [0.717, 1.165) is 22.7 Å². The number of ether oxygens (including phenoxy) is 2. The molecular weight excluding hydrogens is 524 g/mol. The number of amides is 1. The Morgan fingerprint density at radius 3 is 2.50 bits per heavy atom. The third kappa shape index (κ3) is 7.31. The minimum atomic E-state index is -0.133. The maximum atomic E-state index is 13.7. The predicted molar refractivity (Wildman–Crippen MR) is 163 cm³/mol. The number of thioether (sulfide) groups is 1. The standard InChI is InChI=1S/C31H34N4O4S/c1-5-32-27-16-11-24(22(2)36)19-28(27)33-31-35(20-23-9-7-6-8-10-23)30(37)29(40-31)21-34(3)25-12-14-26(15-13-25)39-18-17-38-4/h6-16,19,21,32H,5,17-18,20H2,1-4H3. The molecule has 0 spiro atoms. The van der Waals surface area contributed by atoms with Gasteiger partial charge in [0, 0.05) is 38.2 Å². The maximum absolute atomic E-state index is 13.7. The van der Waals surface area contributed by atoms with E-state index in [4.69, 9.17) is 14.5 Å². The molecule has 0 saturated carbocycles. The van der Waals surface area contributed by atoms with E-state index in [1.54, 1.807) is 24.1 Å².